The Morgan fingerprint density at radius 1 is 1.31 bits per heavy atom. The molecule has 2 N–H and O–H groups in total. The molecule has 0 saturated heterocycles. The fourth-order valence-corrected chi connectivity index (χ4v) is 3.70. The van der Waals surface area contributed by atoms with Gasteiger partial charge in [-0.25, -0.2) is 0 Å². The lowest BCUT2D eigenvalue weighted by Crippen LogP contribution is -2.38. The first-order valence-electron chi connectivity index (χ1n) is 5.67. The minimum absolute atomic E-state index is 0.282. The van der Waals surface area contributed by atoms with Crippen LogP contribution in [0.2, 0.25) is 5.02 Å². The van der Waals surface area contributed by atoms with Crippen LogP contribution in [0.25, 0.3) is 0 Å². The van der Waals surface area contributed by atoms with Crippen LogP contribution in [0.5, 0.6) is 0 Å². The first kappa shape index (κ1) is 12.3. The molecule has 2 atom stereocenters. The lowest BCUT2D eigenvalue weighted by atomic mass is 9.88. The van der Waals surface area contributed by atoms with Gasteiger partial charge in [0.25, 0.3) is 0 Å². The number of nitrogens with two attached hydrogens (primary N) is 1. The molecule has 1 aromatic carbocycles. The van der Waals surface area contributed by atoms with Gasteiger partial charge in [-0.05, 0) is 42.5 Å². The summed E-state index contributed by atoms with van der Waals surface area (Å²) in [5.74, 6) is 0. The largest absolute Gasteiger partial charge is 0.326 e. The van der Waals surface area contributed by atoms with Crippen molar-refractivity contribution in [2.45, 2.75) is 42.9 Å². The zero-order valence-corrected chi connectivity index (χ0v) is 11.3. The summed E-state index contributed by atoms with van der Waals surface area (Å²) in [5, 5.41) is 1.33. The predicted octanol–water partition coefficient (Wildman–Crippen LogP) is 3.95. The Bertz CT molecular complexity index is 361. The molecule has 88 valence electrons. The number of rotatable bonds is 2. The van der Waals surface area contributed by atoms with Gasteiger partial charge in [-0.3, -0.25) is 0 Å². The van der Waals surface area contributed by atoms with E-state index in [0.29, 0.717) is 5.25 Å². The maximum atomic E-state index is 6.29. The summed E-state index contributed by atoms with van der Waals surface area (Å²) in [7, 11) is 0. The molecule has 1 saturated carbocycles. The van der Waals surface area contributed by atoms with E-state index in [9.17, 15) is 0 Å². The Morgan fingerprint density at radius 2 is 1.94 bits per heavy atom. The van der Waals surface area contributed by atoms with Crippen molar-refractivity contribution in [2.24, 2.45) is 11.1 Å². The van der Waals surface area contributed by atoms with Crippen molar-refractivity contribution >= 4 is 23.4 Å². The van der Waals surface area contributed by atoms with E-state index in [1.54, 1.807) is 0 Å². The Kier molecular flexibility index (Phi) is 3.53. The van der Waals surface area contributed by atoms with E-state index < -0.39 is 0 Å². The maximum Gasteiger partial charge on any atom is 0.0406 e. The molecule has 1 nitrogen and oxygen atoms in total. The maximum absolute atomic E-state index is 6.29. The molecule has 0 amide bonds. The molecule has 3 heteroatoms. The van der Waals surface area contributed by atoms with E-state index in [2.05, 4.69) is 26.0 Å². The molecule has 1 aliphatic rings. The van der Waals surface area contributed by atoms with E-state index in [0.717, 1.165) is 5.02 Å². The van der Waals surface area contributed by atoms with Gasteiger partial charge in [-0.2, -0.15) is 0 Å². The average Bonchev–Trinajstić information content (AvgIpc) is 2.49. The third-order valence-electron chi connectivity index (χ3n) is 3.48. The van der Waals surface area contributed by atoms with E-state index in [-0.39, 0.29) is 11.5 Å². The zero-order valence-electron chi connectivity index (χ0n) is 9.74. The molecule has 0 aromatic heterocycles. The zero-order chi connectivity index (χ0) is 11.8. The Morgan fingerprint density at radius 3 is 2.44 bits per heavy atom. The van der Waals surface area contributed by atoms with Gasteiger partial charge in [0.15, 0.2) is 0 Å². The fourth-order valence-electron chi connectivity index (χ4n) is 2.18. The molecule has 0 aliphatic heterocycles. The minimum atomic E-state index is 0.282. The van der Waals surface area contributed by atoms with Crippen LogP contribution < -0.4 is 5.73 Å². The van der Waals surface area contributed by atoms with Gasteiger partial charge in [-0.15, -0.1) is 11.8 Å². The van der Waals surface area contributed by atoms with Crippen molar-refractivity contribution in [3.05, 3.63) is 29.3 Å². The molecule has 16 heavy (non-hydrogen) atoms. The molecule has 0 heterocycles. The number of benzene rings is 1. The van der Waals surface area contributed by atoms with E-state index >= 15 is 0 Å². The van der Waals surface area contributed by atoms with Crippen LogP contribution in [-0.4, -0.2) is 11.3 Å². The molecule has 1 aromatic rings. The molecule has 0 bridgehead atoms. The summed E-state index contributed by atoms with van der Waals surface area (Å²) < 4.78 is 0. The second-order valence-electron chi connectivity index (χ2n) is 5.16. The quantitative estimate of drug-likeness (QED) is 0.866. The summed E-state index contributed by atoms with van der Waals surface area (Å²) in [6.07, 6.45) is 2.43. The topological polar surface area (TPSA) is 26.0 Å². The molecule has 1 fully saturated rings. The first-order chi connectivity index (χ1) is 7.49. The fraction of sp³-hybridized carbons (Fsp3) is 0.538. The Hall–Kier alpha value is -0.180. The van der Waals surface area contributed by atoms with E-state index in [4.69, 9.17) is 17.3 Å². The summed E-state index contributed by atoms with van der Waals surface area (Å²) in [6, 6.07) is 8.31. The van der Waals surface area contributed by atoms with Crippen LogP contribution in [0.1, 0.15) is 26.7 Å². The monoisotopic (exact) mass is 255 g/mol. The van der Waals surface area contributed by atoms with Gasteiger partial charge in [0.2, 0.25) is 0 Å². The van der Waals surface area contributed by atoms with Crippen LogP contribution in [0.15, 0.2) is 29.2 Å². The number of halogens is 1. The standard InChI is InChI=1S/C13H18ClNS/c1-13(2)8-7-11(12(13)15)16-10-5-3-9(14)4-6-10/h3-6,11-12H,7-8,15H2,1-2H3. The number of hydrogen-bond donors (Lipinski definition) is 1. The minimum Gasteiger partial charge on any atom is -0.326 e. The highest BCUT2D eigenvalue weighted by Crippen LogP contribution is 2.43. The van der Waals surface area contributed by atoms with Gasteiger partial charge < -0.3 is 5.73 Å². The van der Waals surface area contributed by atoms with Crippen LogP contribution >= 0.6 is 23.4 Å². The van der Waals surface area contributed by atoms with E-state index in [1.165, 1.54) is 17.7 Å². The van der Waals surface area contributed by atoms with Gasteiger partial charge in [0.1, 0.15) is 0 Å². The second kappa shape index (κ2) is 4.59. The molecule has 0 spiro atoms. The van der Waals surface area contributed by atoms with Crippen molar-refractivity contribution < 1.29 is 0 Å². The molecular formula is C13H18ClNS. The first-order valence-corrected chi connectivity index (χ1v) is 6.92. The third-order valence-corrected chi connectivity index (χ3v) is 5.11. The van der Waals surface area contributed by atoms with Crippen LogP contribution in [0, 0.1) is 5.41 Å². The number of thioether (sulfide) groups is 1. The molecule has 1 aliphatic carbocycles. The number of hydrogen-bond acceptors (Lipinski definition) is 2. The molecule has 0 radical (unpaired) electrons. The summed E-state index contributed by atoms with van der Waals surface area (Å²) >= 11 is 7.75. The SMILES string of the molecule is CC1(C)CCC(Sc2ccc(Cl)cc2)C1N. The van der Waals surface area contributed by atoms with Gasteiger partial charge in [-0.1, -0.05) is 25.4 Å². The van der Waals surface area contributed by atoms with Crippen molar-refractivity contribution in [1.29, 1.82) is 0 Å². The lowest BCUT2D eigenvalue weighted by molar-refractivity contribution is 0.334. The van der Waals surface area contributed by atoms with Crippen LogP contribution in [-0.2, 0) is 0 Å². The van der Waals surface area contributed by atoms with E-state index in [1.807, 2.05) is 23.9 Å². The van der Waals surface area contributed by atoms with Crippen molar-refractivity contribution in [3.63, 3.8) is 0 Å². The second-order valence-corrected chi connectivity index (χ2v) is 6.91. The summed E-state index contributed by atoms with van der Waals surface area (Å²) in [6.45, 7) is 4.53. The lowest BCUT2D eigenvalue weighted by Gasteiger charge is -2.26. The van der Waals surface area contributed by atoms with Gasteiger partial charge in [0.05, 0.1) is 0 Å². The molecule has 2 unspecified atom stereocenters. The van der Waals surface area contributed by atoms with Gasteiger partial charge in [0, 0.05) is 21.2 Å². The smallest absolute Gasteiger partial charge is 0.0406 e. The predicted molar refractivity (Wildman–Crippen MR) is 72.1 cm³/mol. The van der Waals surface area contributed by atoms with Crippen molar-refractivity contribution in [3.8, 4) is 0 Å². The highest BCUT2D eigenvalue weighted by atomic mass is 35.5. The van der Waals surface area contributed by atoms with Crippen LogP contribution in [0.4, 0.5) is 0 Å². The third kappa shape index (κ3) is 2.55. The Balaban J connectivity index is 2.04. The van der Waals surface area contributed by atoms with Crippen molar-refractivity contribution in [1.82, 2.24) is 0 Å². The summed E-state index contributed by atoms with van der Waals surface area (Å²) in [4.78, 5) is 1.27. The highest BCUT2D eigenvalue weighted by Gasteiger charge is 2.39. The van der Waals surface area contributed by atoms with Gasteiger partial charge >= 0.3 is 0 Å². The average molecular weight is 256 g/mol. The normalized spacial score (nSPS) is 28.2. The summed E-state index contributed by atoms with van der Waals surface area (Å²) in [5.41, 5.74) is 6.57. The Labute approximate surface area is 107 Å². The molecular weight excluding hydrogens is 238 g/mol. The van der Waals surface area contributed by atoms with Crippen molar-refractivity contribution in [2.75, 3.05) is 0 Å². The van der Waals surface area contributed by atoms with Crippen LogP contribution in [0.3, 0.4) is 0 Å². The molecule has 2 rings (SSSR count). The highest BCUT2D eigenvalue weighted by molar-refractivity contribution is 8.00.